The number of nitrogens with one attached hydrogen (secondary N) is 1. The lowest BCUT2D eigenvalue weighted by atomic mass is 10.00. The summed E-state index contributed by atoms with van der Waals surface area (Å²) in [6, 6.07) is 11.9. The van der Waals surface area contributed by atoms with E-state index in [-0.39, 0.29) is 4.90 Å². The van der Waals surface area contributed by atoms with E-state index < -0.39 is 15.9 Å². The Labute approximate surface area is 178 Å². The Morgan fingerprint density at radius 3 is 2.73 bits per heavy atom. The van der Waals surface area contributed by atoms with Crippen LogP contribution in [0.15, 0.2) is 61.3 Å². The van der Waals surface area contributed by atoms with E-state index in [4.69, 9.17) is 4.42 Å². The summed E-state index contributed by atoms with van der Waals surface area (Å²) in [7, 11) is -3.87. The number of allylic oxidation sites excluding steroid dienone is 1. The van der Waals surface area contributed by atoms with E-state index in [0.717, 1.165) is 36.8 Å². The van der Waals surface area contributed by atoms with Crippen LogP contribution in [-0.2, 0) is 14.8 Å². The normalized spacial score (nSPS) is 21.1. The van der Waals surface area contributed by atoms with Gasteiger partial charge in [-0.25, -0.2) is 18.1 Å². The minimum absolute atomic E-state index is 0.00503. The van der Waals surface area contributed by atoms with Gasteiger partial charge in [0.1, 0.15) is 16.5 Å². The van der Waals surface area contributed by atoms with Gasteiger partial charge in [-0.3, -0.25) is 4.79 Å². The molecule has 1 aromatic carbocycles. The van der Waals surface area contributed by atoms with Crippen LogP contribution in [0.25, 0.3) is 11.3 Å². The fourth-order valence-corrected chi connectivity index (χ4v) is 6.18. The van der Waals surface area contributed by atoms with Crippen molar-refractivity contribution < 1.29 is 17.6 Å². The molecule has 9 heteroatoms. The lowest BCUT2D eigenvalue weighted by molar-refractivity contribution is -0.117. The van der Waals surface area contributed by atoms with E-state index in [0.29, 0.717) is 28.3 Å². The topological polar surface area (TPSA) is 113 Å². The van der Waals surface area contributed by atoms with E-state index in [1.807, 2.05) is 4.72 Å². The van der Waals surface area contributed by atoms with Crippen molar-refractivity contribution in [2.45, 2.75) is 36.3 Å². The first-order chi connectivity index (χ1) is 14.4. The van der Waals surface area contributed by atoms with Crippen LogP contribution in [0.4, 0.5) is 0 Å². The number of nitrogens with zero attached hydrogens (tertiary/aromatic N) is 2. The van der Waals surface area contributed by atoms with Gasteiger partial charge in [0.05, 0.1) is 22.8 Å². The number of hydrogen-bond acceptors (Lipinski definition) is 7. The van der Waals surface area contributed by atoms with Crippen LogP contribution < -0.4 is 4.72 Å². The number of nitriles is 1. The molecule has 154 valence electrons. The maximum Gasteiger partial charge on any atom is 0.264 e. The summed E-state index contributed by atoms with van der Waals surface area (Å²) in [6.45, 7) is 1.14. The number of fused-ring (bicyclic) bond motifs is 1. The number of thioether (sulfide) groups is 1. The number of rotatable bonds is 5. The molecule has 1 saturated carbocycles. The average Bonchev–Trinajstić information content (AvgIpc) is 3.41. The number of furan rings is 1. The summed E-state index contributed by atoms with van der Waals surface area (Å²) in [6.07, 6.45) is 4.95. The zero-order valence-electron chi connectivity index (χ0n) is 16.2. The summed E-state index contributed by atoms with van der Waals surface area (Å²) in [5.41, 5.74) is 1.47. The Hall–Kier alpha value is -2.83. The first kappa shape index (κ1) is 20.4. The average molecular weight is 442 g/mol. The van der Waals surface area contributed by atoms with Crippen molar-refractivity contribution in [3.8, 4) is 17.4 Å². The van der Waals surface area contributed by atoms with Crippen molar-refractivity contribution in [3.63, 3.8) is 0 Å². The van der Waals surface area contributed by atoms with Crippen molar-refractivity contribution in [2.75, 3.05) is 0 Å². The molecule has 0 spiro atoms. The molecule has 0 radical (unpaired) electrons. The fraction of sp³-hybridized carbons (Fsp3) is 0.286. The van der Waals surface area contributed by atoms with Crippen LogP contribution in [0, 0.1) is 17.2 Å². The van der Waals surface area contributed by atoms with Gasteiger partial charge in [-0.05, 0) is 49.2 Å². The van der Waals surface area contributed by atoms with Gasteiger partial charge >= 0.3 is 0 Å². The largest absolute Gasteiger partial charge is 0.455 e. The van der Waals surface area contributed by atoms with E-state index in [1.165, 1.54) is 12.1 Å². The van der Waals surface area contributed by atoms with Gasteiger partial charge < -0.3 is 4.42 Å². The van der Waals surface area contributed by atoms with Crippen LogP contribution >= 0.6 is 11.8 Å². The Balaban J connectivity index is 1.50. The fourth-order valence-electron chi connectivity index (χ4n) is 3.74. The monoisotopic (exact) mass is 441 g/mol. The number of sulfonamides is 1. The zero-order valence-corrected chi connectivity index (χ0v) is 17.8. The molecule has 0 saturated heterocycles. The summed E-state index contributed by atoms with van der Waals surface area (Å²) in [5.74, 6) is 0.784. The smallest absolute Gasteiger partial charge is 0.264 e. The Morgan fingerprint density at radius 1 is 1.27 bits per heavy atom. The highest BCUT2D eigenvalue weighted by Gasteiger charge is 2.39. The lowest BCUT2D eigenvalue weighted by Gasteiger charge is -2.05. The van der Waals surface area contributed by atoms with Gasteiger partial charge in [-0.15, -0.1) is 11.8 Å². The van der Waals surface area contributed by atoms with Crippen LogP contribution in [0.2, 0.25) is 0 Å². The van der Waals surface area contributed by atoms with Gasteiger partial charge in [0.2, 0.25) is 5.91 Å². The summed E-state index contributed by atoms with van der Waals surface area (Å²) in [5, 5.41) is 10.7. The molecular formula is C21H19N3O4S2. The zero-order chi connectivity index (χ0) is 21.3. The third kappa shape index (κ3) is 4.06. The van der Waals surface area contributed by atoms with Crippen LogP contribution in [0.5, 0.6) is 0 Å². The highest BCUT2D eigenvalue weighted by Crippen LogP contribution is 2.50. The molecule has 1 aromatic heterocycles. The van der Waals surface area contributed by atoms with Crippen molar-refractivity contribution >= 4 is 33.9 Å². The Bertz CT molecular complexity index is 1190. The molecule has 2 aromatic rings. The number of hydrogen-bond donors (Lipinski definition) is 1. The number of amides is 1. The molecule has 7 nitrogen and oxygen atoms in total. The van der Waals surface area contributed by atoms with Gasteiger partial charge in [-0.1, -0.05) is 6.42 Å². The lowest BCUT2D eigenvalue weighted by Crippen LogP contribution is -2.28. The van der Waals surface area contributed by atoms with Gasteiger partial charge in [-0.2, -0.15) is 5.26 Å². The van der Waals surface area contributed by atoms with E-state index in [1.54, 1.807) is 42.2 Å². The maximum absolute atomic E-state index is 12.0. The van der Waals surface area contributed by atoms with Crippen molar-refractivity contribution in [1.29, 1.82) is 5.26 Å². The molecule has 2 heterocycles. The minimum Gasteiger partial charge on any atom is -0.455 e. The highest BCUT2D eigenvalue weighted by molar-refractivity contribution is 8.04. The minimum atomic E-state index is -3.87. The third-order valence-electron chi connectivity index (χ3n) is 5.10. The third-order valence-corrected chi connectivity index (χ3v) is 7.96. The molecule has 1 fully saturated rings. The highest BCUT2D eigenvalue weighted by atomic mass is 32.2. The standard InChI is InChI=1S/C21H19N3O4S2/c1-13(25)24-30(26,27)16-8-5-14(6-9-16)19-10-7-15(28-19)12-23-21-18(11-22)17-3-2-4-20(17)29-21/h5-10,12,17,20H,2-4H2,1H3,(H,24,25). The molecule has 30 heavy (non-hydrogen) atoms. The number of carbonyl (C=O) groups is 1. The van der Waals surface area contributed by atoms with Gasteiger partial charge in [0.25, 0.3) is 10.0 Å². The summed E-state index contributed by atoms with van der Waals surface area (Å²) in [4.78, 5) is 15.5. The van der Waals surface area contributed by atoms with Gasteiger partial charge in [0.15, 0.2) is 0 Å². The summed E-state index contributed by atoms with van der Waals surface area (Å²) >= 11 is 1.68. The molecule has 2 atom stereocenters. The van der Waals surface area contributed by atoms with Crippen molar-refractivity contribution in [1.82, 2.24) is 4.72 Å². The number of benzene rings is 1. The Morgan fingerprint density at radius 2 is 2.03 bits per heavy atom. The maximum atomic E-state index is 12.0. The molecule has 2 unspecified atom stereocenters. The SMILES string of the molecule is CC(=O)NS(=O)(=O)c1ccc(-c2ccc(C=NC3=C(C#N)C4CCCC4S3)o2)cc1. The van der Waals surface area contributed by atoms with Crippen LogP contribution in [0.3, 0.4) is 0 Å². The molecule has 0 bridgehead atoms. The molecule has 1 N–H and O–H groups in total. The first-order valence-electron chi connectivity index (χ1n) is 9.46. The molecule has 1 aliphatic carbocycles. The molecule has 4 rings (SSSR count). The van der Waals surface area contributed by atoms with Crippen molar-refractivity contribution in [3.05, 3.63) is 52.8 Å². The molecule has 2 aliphatic rings. The van der Waals surface area contributed by atoms with E-state index >= 15 is 0 Å². The second-order valence-electron chi connectivity index (χ2n) is 7.17. The van der Waals surface area contributed by atoms with E-state index in [2.05, 4.69) is 11.1 Å². The van der Waals surface area contributed by atoms with Gasteiger partial charge in [0, 0.05) is 23.7 Å². The van der Waals surface area contributed by atoms with E-state index in [9.17, 15) is 18.5 Å². The Kier molecular flexibility index (Phi) is 5.54. The molecular weight excluding hydrogens is 422 g/mol. The second-order valence-corrected chi connectivity index (χ2v) is 10.1. The second kappa shape index (κ2) is 8.13. The number of carbonyl (C=O) groups excluding carboxylic acids is 1. The predicted molar refractivity (Wildman–Crippen MR) is 114 cm³/mol. The van der Waals surface area contributed by atoms with Crippen molar-refractivity contribution in [2.24, 2.45) is 10.9 Å². The summed E-state index contributed by atoms with van der Waals surface area (Å²) < 4.78 is 31.8. The van der Waals surface area contributed by atoms with Crippen LogP contribution in [-0.4, -0.2) is 25.8 Å². The molecule has 1 amide bonds. The predicted octanol–water partition coefficient (Wildman–Crippen LogP) is 3.84. The first-order valence-corrected chi connectivity index (χ1v) is 11.8. The van der Waals surface area contributed by atoms with Crippen LogP contribution in [0.1, 0.15) is 31.9 Å². The number of aliphatic imine (C=N–C) groups is 1. The quantitative estimate of drug-likeness (QED) is 0.706. The molecule has 1 aliphatic heterocycles.